The van der Waals surface area contributed by atoms with Crippen LogP contribution in [0.4, 0.5) is 0 Å². The van der Waals surface area contributed by atoms with E-state index in [2.05, 4.69) is 5.32 Å². The summed E-state index contributed by atoms with van der Waals surface area (Å²) in [6.45, 7) is 4.57. The topological polar surface area (TPSA) is 38.3 Å². The van der Waals surface area contributed by atoms with Crippen molar-refractivity contribution in [2.75, 3.05) is 6.61 Å². The zero-order valence-electron chi connectivity index (χ0n) is 13.0. The van der Waals surface area contributed by atoms with Gasteiger partial charge in [0.1, 0.15) is 5.75 Å². The Morgan fingerprint density at radius 3 is 2.45 bits per heavy atom. The highest BCUT2D eigenvalue weighted by atomic mass is 16.5. The zero-order valence-corrected chi connectivity index (χ0v) is 13.0. The first-order valence-electron chi connectivity index (χ1n) is 7.45. The maximum absolute atomic E-state index is 11.9. The molecule has 0 heterocycles. The van der Waals surface area contributed by atoms with E-state index in [-0.39, 0.29) is 11.9 Å². The summed E-state index contributed by atoms with van der Waals surface area (Å²) in [6, 6.07) is 17.5. The summed E-state index contributed by atoms with van der Waals surface area (Å²) in [7, 11) is 0. The molecule has 0 radical (unpaired) electrons. The van der Waals surface area contributed by atoms with Crippen LogP contribution in [0, 0.1) is 0 Å². The lowest BCUT2D eigenvalue weighted by atomic mass is 10.1. The van der Waals surface area contributed by atoms with E-state index in [0.717, 1.165) is 16.9 Å². The molecule has 0 saturated heterocycles. The van der Waals surface area contributed by atoms with Crippen LogP contribution in [-0.2, 0) is 4.79 Å². The summed E-state index contributed by atoms with van der Waals surface area (Å²) in [4.78, 5) is 11.9. The number of benzene rings is 2. The maximum atomic E-state index is 11.9. The Labute approximate surface area is 131 Å². The summed E-state index contributed by atoms with van der Waals surface area (Å²) in [5.41, 5.74) is 2.05. The third-order valence-corrected chi connectivity index (χ3v) is 3.28. The molecule has 0 saturated carbocycles. The van der Waals surface area contributed by atoms with Crippen molar-refractivity contribution in [1.29, 1.82) is 0 Å². The lowest BCUT2D eigenvalue weighted by molar-refractivity contribution is -0.117. The van der Waals surface area contributed by atoms with Crippen molar-refractivity contribution in [1.82, 2.24) is 5.32 Å². The van der Waals surface area contributed by atoms with Crippen LogP contribution in [0.3, 0.4) is 0 Å². The van der Waals surface area contributed by atoms with E-state index in [0.29, 0.717) is 6.61 Å². The number of carbonyl (C=O) groups is 1. The van der Waals surface area contributed by atoms with Crippen molar-refractivity contribution in [3.8, 4) is 5.75 Å². The van der Waals surface area contributed by atoms with Gasteiger partial charge in [-0.05, 0) is 43.2 Å². The quantitative estimate of drug-likeness (QED) is 0.819. The minimum Gasteiger partial charge on any atom is -0.494 e. The summed E-state index contributed by atoms with van der Waals surface area (Å²) in [5.74, 6) is 0.735. The predicted molar refractivity (Wildman–Crippen MR) is 89.6 cm³/mol. The normalized spacial score (nSPS) is 12.1. The Kier molecular flexibility index (Phi) is 5.78. The Morgan fingerprint density at radius 1 is 1.14 bits per heavy atom. The van der Waals surface area contributed by atoms with Gasteiger partial charge in [-0.25, -0.2) is 0 Å². The number of hydrogen-bond donors (Lipinski definition) is 1. The zero-order chi connectivity index (χ0) is 15.8. The van der Waals surface area contributed by atoms with Crippen LogP contribution in [-0.4, -0.2) is 12.5 Å². The average Bonchev–Trinajstić information content (AvgIpc) is 2.55. The number of nitrogens with one attached hydrogen (secondary N) is 1. The number of ether oxygens (including phenoxy) is 1. The molecule has 0 unspecified atom stereocenters. The number of amides is 1. The van der Waals surface area contributed by atoms with E-state index < -0.39 is 0 Å². The summed E-state index contributed by atoms with van der Waals surface area (Å²) in [6.07, 6.45) is 3.36. The molecule has 0 aliphatic rings. The minimum absolute atomic E-state index is 0.0522. The largest absolute Gasteiger partial charge is 0.494 e. The molecule has 22 heavy (non-hydrogen) atoms. The van der Waals surface area contributed by atoms with Crippen molar-refractivity contribution in [3.05, 3.63) is 71.8 Å². The van der Waals surface area contributed by atoms with Gasteiger partial charge in [0.25, 0.3) is 0 Å². The van der Waals surface area contributed by atoms with E-state index in [1.165, 1.54) is 0 Å². The Morgan fingerprint density at radius 2 is 1.82 bits per heavy atom. The van der Waals surface area contributed by atoms with Crippen LogP contribution in [0.2, 0.25) is 0 Å². The molecule has 3 heteroatoms. The molecule has 1 atom stereocenters. The second-order valence-electron chi connectivity index (χ2n) is 4.98. The van der Waals surface area contributed by atoms with Gasteiger partial charge in [-0.15, -0.1) is 0 Å². The van der Waals surface area contributed by atoms with E-state index in [9.17, 15) is 4.79 Å². The molecule has 114 valence electrons. The van der Waals surface area contributed by atoms with Gasteiger partial charge in [0.2, 0.25) is 5.91 Å². The van der Waals surface area contributed by atoms with Gasteiger partial charge in [0, 0.05) is 6.08 Å². The van der Waals surface area contributed by atoms with E-state index >= 15 is 0 Å². The van der Waals surface area contributed by atoms with Gasteiger partial charge in [-0.1, -0.05) is 42.5 Å². The van der Waals surface area contributed by atoms with Gasteiger partial charge in [-0.2, -0.15) is 0 Å². The molecule has 0 spiro atoms. The van der Waals surface area contributed by atoms with E-state index in [4.69, 9.17) is 4.74 Å². The second kappa shape index (κ2) is 8.03. The molecule has 0 aliphatic carbocycles. The van der Waals surface area contributed by atoms with E-state index in [1.54, 1.807) is 12.2 Å². The molecule has 0 aromatic heterocycles. The third kappa shape index (κ3) is 4.77. The third-order valence-electron chi connectivity index (χ3n) is 3.28. The Hall–Kier alpha value is -2.55. The molecule has 1 amide bonds. The Balaban J connectivity index is 1.92. The second-order valence-corrected chi connectivity index (χ2v) is 4.98. The molecular formula is C19H21NO2. The van der Waals surface area contributed by atoms with Crippen LogP contribution in [0.5, 0.6) is 5.75 Å². The standard InChI is InChI=1S/C19H21NO2/c1-3-22-18-12-10-17(11-13-18)15(2)20-19(21)14-9-16-7-5-4-6-8-16/h4-15H,3H2,1-2H3,(H,20,21)/b14-9+/t15-/m1/s1. The molecule has 0 fully saturated rings. The fourth-order valence-corrected chi connectivity index (χ4v) is 2.10. The van der Waals surface area contributed by atoms with Crippen LogP contribution in [0.15, 0.2) is 60.7 Å². The van der Waals surface area contributed by atoms with E-state index in [1.807, 2.05) is 68.4 Å². The summed E-state index contributed by atoms with van der Waals surface area (Å²) >= 11 is 0. The highest BCUT2D eigenvalue weighted by Gasteiger charge is 2.07. The number of hydrogen-bond acceptors (Lipinski definition) is 2. The molecule has 1 N–H and O–H groups in total. The fourth-order valence-electron chi connectivity index (χ4n) is 2.10. The van der Waals surface area contributed by atoms with Crippen LogP contribution < -0.4 is 10.1 Å². The van der Waals surface area contributed by atoms with Gasteiger partial charge < -0.3 is 10.1 Å². The van der Waals surface area contributed by atoms with Crippen LogP contribution in [0.1, 0.15) is 31.0 Å². The summed E-state index contributed by atoms with van der Waals surface area (Å²) in [5, 5.41) is 2.95. The first-order chi connectivity index (χ1) is 10.7. The SMILES string of the molecule is CCOc1ccc([C@@H](C)NC(=O)/C=C/c2ccccc2)cc1. The fraction of sp³-hybridized carbons (Fsp3) is 0.211. The molecule has 2 aromatic carbocycles. The van der Waals surface area contributed by atoms with Gasteiger partial charge >= 0.3 is 0 Å². The monoisotopic (exact) mass is 295 g/mol. The highest BCUT2D eigenvalue weighted by molar-refractivity contribution is 5.91. The van der Waals surface area contributed by atoms with Crippen molar-refractivity contribution >= 4 is 12.0 Å². The molecule has 0 aliphatic heterocycles. The average molecular weight is 295 g/mol. The van der Waals surface area contributed by atoms with Crippen molar-refractivity contribution in [3.63, 3.8) is 0 Å². The molecule has 2 aromatic rings. The minimum atomic E-state index is -0.106. The van der Waals surface area contributed by atoms with Gasteiger partial charge in [0.05, 0.1) is 12.6 Å². The van der Waals surface area contributed by atoms with Crippen LogP contribution in [0.25, 0.3) is 6.08 Å². The molecular weight excluding hydrogens is 274 g/mol. The Bertz CT molecular complexity index is 618. The van der Waals surface area contributed by atoms with Gasteiger partial charge in [0.15, 0.2) is 0 Å². The van der Waals surface area contributed by atoms with Crippen molar-refractivity contribution in [2.45, 2.75) is 19.9 Å². The maximum Gasteiger partial charge on any atom is 0.244 e. The lowest BCUT2D eigenvalue weighted by Gasteiger charge is -2.13. The highest BCUT2D eigenvalue weighted by Crippen LogP contribution is 2.17. The first kappa shape index (κ1) is 15.8. The van der Waals surface area contributed by atoms with Crippen molar-refractivity contribution in [2.24, 2.45) is 0 Å². The van der Waals surface area contributed by atoms with Crippen LogP contribution >= 0.6 is 0 Å². The lowest BCUT2D eigenvalue weighted by Crippen LogP contribution is -2.24. The first-order valence-corrected chi connectivity index (χ1v) is 7.45. The molecule has 3 nitrogen and oxygen atoms in total. The molecule has 2 rings (SSSR count). The van der Waals surface area contributed by atoms with Crippen molar-refractivity contribution < 1.29 is 9.53 Å². The predicted octanol–water partition coefficient (Wildman–Crippen LogP) is 3.98. The summed E-state index contributed by atoms with van der Waals surface area (Å²) < 4.78 is 5.41. The number of carbonyl (C=O) groups excluding carboxylic acids is 1. The van der Waals surface area contributed by atoms with Gasteiger partial charge in [-0.3, -0.25) is 4.79 Å². The number of rotatable bonds is 6. The smallest absolute Gasteiger partial charge is 0.244 e. The molecule has 0 bridgehead atoms.